The van der Waals surface area contributed by atoms with E-state index in [1.165, 1.54) is 0 Å². The van der Waals surface area contributed by atoms with Crippen molar-refractivity contribution >= 4 is 23.1 Å². The van der Waals surface area contributed by atoms with Crippen LogP contribution in [0.1, 0.15) is 32.6 Å². The average molecular weight is 270 g/mol. The fourth-order valence-electron chi connectivity index (χ4n) is 2.80. The van der Waals surface area contributed by atoms with E-state index in [0.717, 1.165) is 25.9 Å². The largest absolute Gasteiger partial charge is 0.392 e. The molecule has 18 heavy (non-hydrogen) atoms. The van der Waals surface area contributed by atoms with Gasteiger partial charge in [0.2, 0.25) is 5.91 Å². The second kappa shape index (κ2) is 5.53. The van der Waals surface area contributed by atoms with E-state index in [4.69, 9.17) is 22.7 Å². The molecule has 2 aliphatic rings. The molecule has 0 radical (unpaired) electrons. The molecule has 102 valence electrons. The quantitative estimate of drug-likeness (QED) is 0.769. The van der Waals surface area contributed by atoms with Crippen LogP contribution in [0.15, 0.2) is 0 Å². The van der Waals surface area contributed by atoms with E-state index in [9.17, 15) is 4.79 Å². The summed E-state index contributed by atoms with van der Waals surface area (Å²) in [5, 5.41) is 0. The minimum absolute atomic E-state index is 0.130. The van der Waals surface area contributed by atoms with Crippen LogP contribution in [0.25, 0.3) is 0 Å². The van der Waals surface area contributed by atoms with Crippen molar-refractivity contribution in [1.82, 2.24) is 4.90 Å². The Kier molecular flexibility index (Phi) is 4.22. The molecule has 2 saturated heterocycles. The van der Waals surface area contributed by atoms with Crippen LogP contribution in [-0.4, -0.2) is 42.1 Å². The number of rotatable bonds is 2. The number of ether oxygens (including phenoxy) is 1. The maximum atomic E-state index is 12.7. The summed E-state index contributed by atoms with van der Waals surface area (Å²) in [5.74, 6) is 0.842. The van der Waals surface area contributed by atoms with Crippen LogP contribution in [0, 0.1) is 11.3 Å². The summed E-state index contributed by atoms with van der Waals surface area (Å²) in [5.41, 5.74) is 5.22. The molecule has 2 aliphatic heterocycles. The van der Waals surface area contributed by atoms with Crippen molar-refractivity contribution in [2.24, 2.45) is 17.1 Å². The van der Waals surface area contributed by atoms with Gasteiger partial charge in [-0.2, -0.15) is 0 Å². The maximum Gasteiger partial charge on any atom is 0.235 e. The third kappa shape index (κ3) is 2.52. The first kappa shape index (κ1) is 13.7. The van der Waals surface area contributed by atoms with Gasteiger partial charge in [-0.25, -0.2) is 0 Å². The number of piperidine rings is 1. The lowest BCUT2D eigenvalue weighted by Gasteiger charge is -2.41. The molecule has 2 fully saturated rings. The fourth-order valence-corrected chi connectivity index (χ4v) is 3.09. The minimum atomic E-state index is -0.645. The van der Waals surface area contributed by atoms with Gasteiger partial charge >= 0.3 is 0 Å². The van der Waals surface area contributed by atoms with Crippen molar-refractivity contribution in [2.45, 2.75) is 32.6 Å². The normalized spacial score (nSPS) is 24.8. The lowest BCUT2D eigenvalue weighted by Crippen LogP contribution is -2.54. The van der Waals surface area contributed by atoms with Crippen LogP contribution in [-0.2, 0) is 9.53 Å². The molecule has 0 unspecified atom stereocenters. The maximum absolute atomic E-state index is 12.7. The molecule has 4 nitrogen and oxygen atoms in total. The highest BCUT2D eigenvalue weighted by atomic mass is 32.1. The molecule has 0 saturated carbocycles. The standard InChI is InChI=1S/C13H22N2O2S/c1-10-2-6-15(7-3-10)12(16)13(11(14)18)4-8-17-9-5-13/h10H,2-9H2,1H3,(H2,14,18). The molecule has 0 spiro atoms. The summed E-state index contributed by atoms with van der Waals surface area (Å²) < 4.78 is 5.34. The van der Waals surface area contributed by atoms with E-state index in [-0.39, 0.29) is 5.91 Å². The molecule has 2 heterocycles. The Hall–Kier alpha value is -0.680. The second-order valence-electron chi connectivity index (χ2n) is 5.53. The van der Waals surface area contributed by atoms with Crippen LogP contribution in [0.5, 0.6) is 0 Å². The van der Waals surface area contributed by atoms with Gasteiger partial charge in [-0.3, -0.25) is 4.79 Å². The van der Waals surface area contributed by atoms with E-state index in [2.05, 4.69) is 6.92 Å². The Morgan fingerprint density at radius 2 is 1.89 bits per heavy atom. The number of hydrogen-bond donors (Lipinski definition) is 1. The second-order valence-corrected chi connectivity index (χ2v) is 5.97. The number of nitrogens with two attached hydrogens (primary N) is 1. The Bertz CT molecular complexity index is 332. The molecule has 1 amide bonds. The predicted molar refractivity (Wildman–Crippen MR) is 74.2 cm³/mol. The van der Waals surface area contributed by atoms with Crippen LogP contribution < -0.4 is 5.73 Å². The Balaban J connectivity index is 2.11. The molecule has 2 rings (SSSR count). The van der Waals surface area contributed by atoms with Crippen molar-refractivity contribution in [3.05, 3.63) is 0 Å². The molecule has 0 aromatic carbocycles. The third-order valence-corrected chi connectivity index (χ3v) is 4.69. The number of likely N-dealkylation sites (tertiary alicyclic amines) is 1. The Morgan fingerprint density at radius 3 is 2.39 bits per heavy atom. The topological polar surface area (TPSA) is 55.6 Å². The molecule has 5 heteroatoms. The zero-order valence-electron chi connectivity index (χ0n) is 11.0. The fraction of sp³-hybridized carbons (Fsp3) is 0.846. The average Bonchev–Trinajstić information content (AvgIpc) is 2.39. The van der Waals surface area contributed by atoms with Gasteiger partial charge in [0.05, 0.1) is 4.99 Å². The Labute approximate surface area is 114 Å². The number of carbonyl (C=O) groups excluding carboxylic acids is 1. The van der Waals surface area contributed by atoms with Gasteiger partial charge in [0.1, 0.15) is 5.41 Å². The van der Waals surface area contributed by atoms with Gasteiger partial charge in [-0.15, -0.1) is 0 Å². The summed E-state index contributed by atoms with van der Waals surface area (Å²) in [7, 11) is 0. The Morgan fingerprint density at radius 1 is 1.33 bits per heavy atom. The number of amides is 1. The van der Waals surface area contributed by atoms with E-state index >= 15 is 0 Å². The van der Waals surface area contributed by atoms with E-state index in [1.807, 2.05) is 4.90 Å². The first-order valence-electron chi connectivity index (χ1n) is 6.73. The molecular weight excluding hydrogens is 248 g/mol. The lowest BCUT2D eigenvalue weighted by molar-refractivity contribution is -0.143. The van der Waals surface area contributed by atoms with Gasteiger partial charge < -0.3 is 15.4 Å². The SMILES string of the molecule is CC1CCN(C(=O)C2(C(N)=S)CCOCC2)CC1. The number of hydrogen-bond acceptors (Lipinski definition) is 3. The van der Waals surface area contributed by atoms with Gasteiger partial charge in [0.15, 0.2) is 0 Å². The highest BCUT2D eigenvalue weighted by Gasteiger charge is 2.45. The first-order valence-corrected chi connectivity index (χ1v) is 7.14. The van der Waals surface area contributed by atoms with Crippen LogP contribution in [0.4, 0.5) is 0 Å². The van der Waals surface area contributed by atoms with Crippen molar-refractivity contribution in [3.8, 4) is 0 Å². The van der Waals surface area contributed by atoms with Gasteiger partial charge in [0.25, 0.3) is 0 Å². The smallest absolute Gasteiger partial charge is 0.235 e. The number of thiocarbonyl (C=S) groups is 1. The molecule has 0 atom stereocenters. The minimum Gasteiger partial charge on any atom is -0.392 e. The zero-order valence-corrected chi connectivity index (χ0v) is 11.8. The van der Waals surface area contributed by atoms with E-state index in [1.54, 1.807) is 0 Å². The summed E-state index contributed by atoms with van der Waals surface area (Å²) in [6.07, 6.45) is 3.42. The van der Waals surface area contributed by atoms with Gasteiger partial charge in [-0.05, 0) is 31.6 Å². The highest BCUT2D eigenvalue weighted by molar-refractivity contribution is 7.80. The number of nitrogens with zero attached hydrogens (tertiary/aromatic N) is 1. The molecular formula is C13H22N2O2S. The van der Waals surface area contributed by atoms with Crippen molar-refractivity contribution in [3.63, 3.8) is 0 Å². The van der Waals surface area contributed by atoms with Crippen LogP contribution >= 0.6 is 12.2 Å². The monoisotopic (exact) mass is 270 g/mol. The van der Waals surface area contributed by atoms with Crippen molar-refractivity contribution in [2.75, 3.05) is 26.3 Å². The van der Waals surface area contributed by atoms with Crippen LogP contribution in [0.2, 0.25) is 0 Å². The van der Waals surface area contributed by atoms with E-state index in [0.29, 0.717) is 37.0 Å². The van der Waals surface area contributed by atoms with E-state index < -0.39 is 5.41 Å². The molecule has 2 N–H and O–H groups in total. The molecule has 0 aromatic heterocycles. The third-order valence-electron chi connectivity index (χ3n) is 4.30. The molecule has 0 aromatic rings. The summed E-state index contributed by atoms with van der Waals surface area (Å²) >= 11 is 5.17. The van der Waals surface area contributed by atoms with Gasteiger partial charge in [0, 0.05) is 26.3 Å². The predicted octanol–water partition coefficient (Wildman–Crippen LogP) is 1.33. The summed E-state index contributed by atoms with van der Waals surface area (Å²) in [6, 6.07) is 0. The highest BCUT2D eigenvalue weighted by Crippen LogP contribution is 2.34. The molecule has 0 aliphatic carbocycles. The van der Waals surface area contributed by atoms with Crippen molar-refractivity contribution < 1.29 is 9.53 Å². The first-order chi connectivity index (χ1) is 8.56. The summed E-state index contributed by atoms with van der Waals surface area (Å²) in [6.45, 7) is 5.07. The molecule has 0 bridgehead atoms. The van der Waals surface area contributed by atoms with Crippen molar-refractivity contribution in [1.29, 1.82) is 0 Å². The van der Waals surface area contributed by atoms with Crippen LogP contribution in [0.3, 0.4) is 0 Å². The number of carbonyl (C=O) groups is 1. The summed E-state index contributed by atoms with van der Waals surface area (Å²) in [4.78, 5) is 15.0. The van der Waals surface area contributed by atoms with Gasteiger partial charge in [-0.1, -0.05) is 19.1 Å². The lowest BCUT2D eigenvalue weighted by atomic mass is 9.78. The zero-order chi connectivity index (χ0) is 13.2.